The molecule has 0 rings (SSSR count). The third-order valence-corrected chi connectivity index (χ3v) is 2.59. The SMILES string of the molecule is C=C(C)C(=N)C(=C)CCCC(C)C(C)=O. The second-order valence-corrected chi connectivity index (χ2v) is 4.16. The van der Waals surface area contributed by atoms with Crippen molar-refractivity contribution in [2.24, 2.45) is 5.92 Å². The molecule has 0 saturated heterocycles. The van der Waals surface area contributed by atoms with E-state index in [2.05, 4.69) is 13.2 Å². The van der Waals surface area contributed by atoms with E-state index < -0.39 is 0 Å². The minimum Gasteiger partial charge on any atom is -0.300 e. The van der Waals surface area contributed by atoms with Gasteiger partial charge in [0, 0.05) is 5.92 Å². The molecular weight excluding hydrogens is 186 g/mol. The zero-order valence-corrected chi connectivity index (χ0v) is 10.0. The molecule has 15 heavy (non-hydrogen) atoms. The first kappa shape index (κ1) is 13.8. The van der Waals surface area contributed by atoms with Crippen LogP contribution in [0.1, 0.15) is 40.0 Å². The van der Waals surface area contributed by atoms with Crippen molar-refractivity contribution < 1.29 is 4.79 Å². The fourth-order valence-corrected chi connectivity index (χ4v) is 1.25. The third kappa shape index (κ3) is 5.31. The Balaban J connectivity index is 3.88. The molecule has 0 aromatic heterocycles. The van der Waals surface area contributed by atoms with Crippen molar-refractivity contribution >= 4 is 11.5 Å². The van der Waals surface area contributed by atoms with Crippen molar-refractivity contribution in [1.29, 1.82) is 5.41 Å². The van der Waals surface area contributed by atoms with E-state index in [1.807, 2.05) is 13.8 Å². The number of carbonyl (C=O) groups excluding carboxylic acids is 1. The van der Waals surface area contributed by atoms with Crippen LogP contribution >= 0.6 is 0 Å². The predicted octanol–water partition coefficient (Wildman–Crippen LogP) is 3.53. The highest BCUT2D eigenvalue weighted by molar-refractivity contribution is 6.08. The van der Waals surface area contributed by atoms with Crippen LogP contribution in [0.25, 0.3) is 0 Å². The van der Waals surface area contributed by atoms with Crippen LogP contribution in [0.2, 0.25) is 0 Å². The number of allylic oxidation sites excluding steroid dienone is 2. The summed E-state index contributed by atoms with van der Waals surface area (Å²) in [6, 6.07) is 0. The Bertz CT molecular complexity index is 289. The van der Waals surface area contributed by atoms with Crippen LogP contribution in [0, 0.1) is 11.3 Å². The highest BCUT2D eigenvalue weighted by atomic mass is 16.1. The molecule has 0 aromatic rings. The van der Waals surface area contributed by atoms with Gasteiger partial charge in [-0.3, -0.25) is 4.79 Å². The average Bonchev–Trinajstić information content (AvgIpc) is 2.15. The van der Waals surface area contributed by atoms with Gasteiger partial charge in [-0.25, -0.2) is 0 Å². The molecule has 1 N–H and O–H groups in total. The lowest BCUT2D eigenvalue weighted by Crippen LogP contribution is -2.07. The van der Waals surface area contributed by atoms with Gasteiger partial charge in [0.05, 0.1) is 5.71 Å². The second kappa shape index (κ2) is 6.33. The van der Waals surface area contributed by atoms with Crippen molar-refractivity contribution in [3.63, 3.8) is 0 Å². The van der Waals surface area contributed by atoms with E-state index in [9.17, 15) is 4.79 Å². The molecule has 1 atom stereocenters. The Hall–Kier alpha value is -1.18. The number of hydrogen-bond donors (Lipinski definition) is 1. The Kier molecular flexibility index (Phi) is 5.83. The predicted molar refractivity (Wildman–Crippen MR) is 65.4 cm³/mol. The molecule has 0 fully saturated rings. The summed E-state index contributed by atoms with van der Waals surface area (Å²) in [4.78, 5) is 11.0. The highest BCUT2D eigenvalue weighted by Gasteiger charge is 2.08. The van der Waals surface area contributed by atoms with Crippen molar-refractivity contribution in [2.45, 2.75) is 40.0 Å². The maximum atomic E-state index is 11.0. The summed E-state index contributed by atoms with van der Waals surface area (Å²) in [5.41, 5.74) is 2.02. The summed E-state index contributed by atoms with van der Waals surface area (Å²) in [6.07, 6.45) is 2.57. The van der Waals surface area contributed by atoms with E-state index in [0.29, 0.717) is 5.71 Å². The molecule has 0 aliphatic heterocycles. The molecule has 0 aliphatic rings. The van der Waals surface area contributed by atoms with Gasteiger partial charge in [0.1, 0.15) is 5.78 Å². The van der Waals surface area contributed by atoms with E-state index in [0.717, 1.165) is 30.4 Å². The number of ketones is 1. The van der Waals surface area contributed by atoms with Crippen LogP contribution in [0.5, 0.6) is 0 Å². The van der Waals surface area contributed by atoms with Crippen LogP contribution in [-0.4, -0.2) is 11.5 Å². The van der Waals surface area contributed by atoms with E-state index >= 15 is 0 Å². The van der Waals surface area contributed by atoms with Crippen molar-refractivity contribution in [3.8, 4) is 0 Å². The lowest BCUT2D eigenvalue weighted by Gasteiger charge is -2.09. The zero-order valence-electron chi connectivity index (χ0n) is 10.0. The molecule has 84 valence electrons. The molecule has 0 aliphatic carbocycles. The summed E-state index contributed by atoms with van der Waals surface area (Å²) < 4.78 is 0. The smallest absolute Gasteiger partial charge is 0.132 e. The largest absolute Gasteiger partial charge is 0.300 e. The summed E-state index contributed by atoms with van der Waals surface area (Å²) in [5.74, 6) is 0.354. The van der Waals surface area contributed by atoms with E-state index in [1.54, 1.807) is 6.92 Å². The van der Waals surface area contributed by atoms with Crippen LogP contribution in [0.15, 0.2) is 24.3 Å². The molecule has 0 amide bonds. The summed E-state index contributed by atoms with van der Waals surface area (Å²) in [5, 5.41) is 7.65. The van der Waals surface area contributed by atoms with Crippen LogP contribution in [0.4, 0.5) is 0 Å². The third-order valence-electron chi connectivity index (χ3n) is 2.59. The van der Waals surface area contributed by atoms with Gasteiger partial charge in [0.25, 0.3) is 0 Å². The highest BCUT2D eigenvalue weighted by Crippen LogP contribution is 2.14. The van der Waals surface area contributed by atoms with Crippen LogP contribution < -0.4 is 0 Å². The van der Waals surface area contributed by atoms with Gasteiger partial charge in [0.15, 0.2) is 0 Å². The summed E-state index contributed by atoms with van der Waals surface area (Å²) in [7, 11) is 0. The van der Waals surface area contributed by atoms with Gasteiger partial charge >= 0.3 is 0 Å². The molecule has 0 saturated carbocycles. The number of Topliss-reactive ketones (excluding diaryl/α,β-unsaturated/α-hetero) is 1. The van der Waals surface area contributed by atoms with Crippen molar-refractivity contribution in [2.75, 3.05) is 0 Å². The van der Waals surface area contributed by atoms with Gasteiger partial charge in [-0.1, -0.05) is 20.1 Å². The number of hydrogen-bond acceptors (Lipinski definition) is 2. The van der Waals surface area contributed by atoms with Gasteiger partial charge in [0.2, 0.25) is 0 Å². The van der Waals surface area contributed by atoms with E-state index in [4.69, 9.17) is 5.41 Å². The first-order valence-corrected chi connectivity index (χ1v) is 5.29. The number of rotatable bonds is 7. The monoisotopic (exact) mass is 207 g/mol. The fourth-order valence-electron chi connectivity index (χ4n) is 1.25. The molecule has 2 heteroatoms. The minimum atomic E-state index is 0.122. The molecule has 1 unspecified atom stereocenters. The minimum absolute atomic E-state index is 0.122. The molecule has 0 heterocycles. The lowest BCUT2D eigenvalue weighted by molar-refractivity contribution is -0.120. The molecule has 0 radical (unpaired) electrons. The summed E-state index contributed by atoms with van der Waals surface area (Å²) in [6.45, 7) is 12.9. The quantitative estimate of drug-likeness (QED) is 0.637. The number of nitrogens with one attached hydrogen (secondary N) is 1. The Morgan fingerprint density at radius 2 is 1.87 bits per heavy atom. The first-order chi connectivity index (χ1) is 6.86. The molecule has 0 aromatic carbocycles. The Labute approximate surface area is 92.6 Å². The van der Waals surface area contributed by atoms with E-state index in [1.165, 1.54) is 0 Å². The Morgan fingerprint density at radius 3 is 2.27 bits per heavy atom. The second-order valence-electron chi connectivity index (χ2n) is 4.16. The topological polar surface area (TPSA) is 40.9 Å². The Morgan fingerprint density at radius 1 is 1.33 bits per heavy atom. The average molecular weight is 207 g/mol. The molecule has 2 nitrogen and oxygen atoms in total. The summed E-state index contributed by atoms with van der Waals surface area (Å²) >= 11 is 0. The van der Waals surface area contributed by atoms with Gasteiger partial charge in [-0.2, -0.15) is 0 Å². The van der Waals surface area contributed by atoms with Gasteiger partial charge in [-0.15, -0.1) is 0 Å². The van der Waals surface area contributed by atoms with Gasteiger partial charge < -0.3 is 5.41 Å². The first-order valence-electron chi connectivity index (χ1n) is 5.29. The molecule has 0 spiro atoms. The van der Waals surface area contributed by atoms with Gasteiger partial charge in [-0.05, 0) is 44.3 Å². The van der Waals surface area contributed by atoms with Crippen molar-refractivity contribution in [3.05, 3.63) is 24.3 Å². The molecule has 0 bridgehead atoms. The van der Waals surface area contributed by atoms with Crippen molar-refractivity contribution in [1.82, 2.24) is 0 Å². The normalized spacial score (nSPS) is 11.9. The molecular formula is C13H21NO. The van der Waals surface area contributed by atoms with E-state index in [-0.39, 0.29) is 11.7 Å². The standard InChI is InChI=1S/C13H21NO/c1-9(2)13(14)11(4)8-6-7-10(3)12(5)15/h10,14H,1,4,6-8H2,2-3,5H3. The maximum absolute atomic E-state index is 11.0. The number of carbonyl (C=O) groups is 1. The fraction of sp³-hybridized carbons (Fsp3) is 0.538. The van der Waals surface area contributed by atoms with Crippen LogP contribution in [-0.2, 0) is 4.79 Å². The zero-order chi connectivity index (χ0) is 12.0. The van der Waals surface area contributed by atoms with Crippen LogP contribution in [0.3, 0.4) is 0 Å². The lowest BCUT2D eigenvalue weighted by atomic mass is 9.96. The maximum Gasteiger partial charge on any atom is 0.132 e.